The second-order valence-corrected chi connectivity index (χ2v) is 8.32. The molecule has 1 saturated carbocycles. The Labute approximate surface area is 176 Å². The Morgan fingerprint density at radius 2 is 1.73 bits per heavy atom. The van der Waals surface area contributed by atoms with E-state index in [1.54, 1.807) is 12.5 Å². The monoisotopic (exact) mass is 404 g/mol. The number of nitrogens with zero attached hydrogens (tertiary/aromatic N) is 5. The van der Waals surface area contributed by atoms with Gasteiger partial charge in [0.05, 0.1) is 42.3 Å². The lowest BCUT2D eigenvalue weighted by atomic mass is 9.82. The molecule has 2 fully saturated rings. The first-order valence-corrected chi connectivity index (χ1v) is 10.9. The summed E-state index contributed by atoms with van der Waals surface area (Å²) in [5, 5.41) is 3.58. The van der Waals surface area contributed by atoms with Gasteiger partial charge in [-0.05, 0) is 55.7 Å². The molecule has 3 aromatic rings. The number of rotatable bonds is 5. The third-order valence-corrected chi connectivity index (χ3v) is 6.30. The van der Waals surface area contributed by atoms with Crippen LogP contribution in [0.4, 0.5) is 11.4 Å². The summed E-state index contributed by atoms with van der Waals surface area (Å²) in [4.78, 5) is 19.9. The molecule has 0 spiro atoms. The zero-order chi connectivity index (χ0) is 20.2. The van der Waals surface area contributed by atoms with Gasteiger partial charge in [0, 0.05) is 37.2 Å². The SMILES string of the molecule is c1ncc(NC2CCC(Cc3cc(N4CCOCC4)cc4nccnc34)CC2)cn1. The van der Waals surface area contributed by atoms with Crippen molar-refractivity contribution < 1.29 is 4.74 Å². The van der Waals surface area contributed by atoms with Gasteiger partial charge in [0.15, 0.2) is 0 Å². The van der Waals surface area contributed by atoms with Crippen LogP contribution in [0.15, 0.2) is 43.2 Å². The number of morpholine rings is 1. The minimum absolute atomic E-state index is 0.503. The third kappa shape index (κ3) is 4.36. The van der Waals surface area contributed by atoms with Gasteiger partial charge in [-0.25, -0.2) is 9.97 Å². The first kappa shape index (κ1) is 19.2. The van der Waals surface area contributed by atoms with Gasteiger partial charge in [-0.2, -0.15) is 0 Å². The Morgan fingerprint density at radius 1 is 0.967 bits per heavy atom. The maximum absolute atomic E-state index is 5.53. The molecule has 1 aliphatic carbocycles. The zero-order valence-corrected chi connectivity index (χ0v) is 17.2. The van der Waals surface area contributed by atoms with Crippen LogP contribution in [0.5, 0.6) is 0 Å². The molecule has 0 unspecified atom stereocenters. The van der Waals surface area contributed by atoms with Gasteiger partial charge in [0.2, 0.25) is 0 Å². The summed E-state index contributed by atoms with van der Waals surface area (Å²) in [6.45, 7) is 3.45. The average molecular weight is 405 g/mol. The highest BCUT2D eigenvalue weighted by Gasteiger charge is 2.23. The number of ether oxygens (including phenoxy) is 1. The molecular weight excluding hydrogens is 376 g/mol. The molecule has 1 aromatic carbocycles. The Morgan fingerprint density at radius 3 is 2.53 bits per heavy atom. The standard InChI is InChI=1S/C23H28N6O/c1-3-19(28-20-14-24-16-25-15-20)4-2-17(1)11-18-12-21(29-7-9-30-10-8-29)13-22-23(18)27-6-5-26-22/h5-6,12-17,19,28H,1-4,7-11H2. The van der Waals surface area contributed by atoms with E-state index >= 15 is 0 Å². The van der Waals surface area contributed by atoms with Crippen LogP contribution >= 0.6 is 0 Å². The topological polar surface area (TPSA) is 76.1 Å². The quantitative estimate of drug-likeness (QED) is 0.698. The highest BCUT2D eigenvalue weighted by atomic mass is 16.5. The normalized spacial score (nSPS) is 22.2. The molecule has 0 bridgehead atoms. The summed E-state index contributed by atoms with van der Waals surface area (Å²) in [6, 6.07) is 5.02. The number of benzene rings is 1. The Hall–Kier alpha value is -2.80. The van der Waals surface area contributed by atoms with Crippen LogP contribution in [-0.2, 0) is 11.2 Å². The number of hydrogen-bond acceptors (Lipinski definition) is 7. The van der Waals surface area contributed by atoms with Crippen LogP contribution in [0.3, 0.4) is 0 Å². The van der Waals surface area contributed by atoms with Crippen LogP contribution in [-0.4, -0.2) is 52.3 Å². The molecule has 2 aliphatic rings. The summed E-state index contributed by atoms with van der Waals surface area (Å²) in [5.41, 5.74) is 5.64. The largest absolute Gasteiger partial charge is 0.380 e. The maximum Gasteiger partial charge on any atom is 0.115 e. The first-order valence-electron chi connectivity index (χ1n) is 10.9. The fraction of sp³-hybridized carbons (Fsp3) is 0.478. The molecule has 0 radical (unpaired) electrons. The van der Waals surface area contributed by atoms with Gasteiger partial charge in [0.1, 0.15) is 6.33 Å². The molecule has 5 rings (SSSR count). The van der Waals surface area contributed by atoms with Crippen molar-refractivity contribution >= 4 is 22.4 Å². The van der Waals surface area contributed by atoms with Gasteiger partial charge in [0.25, 0.3) is 0 Å². The fourth-order valence-corrected chi connectivity index (χ4v) is 4.72. The average Bonchev–Trinajstić information content (AvgIpc) is 2.81. The molecule has 7 nitrogen and oxygen atoms in total. The minimum atomic E-state index is 0.503. The molecule has 3 heterocycles. The molecule has 0 atom stereocenters. The molecule has 1 aliphatic heterocycles. The predicted octanol–water partition coefficient (Wildman–Crippen LogP) is 3.47. The van der Waals surface area contributed by atoms with E-state index < -0.39 is 0 Å². The highest BCUT2D eigenvalue weighted by Crippen LogP contribution is 2.32. The summed E-state index contributed by atoms with van der Waals surface area (Å²) < 4.78 is 5.53. The van der Waals surface area contributed by atoms with Crippen molar-refractivity contribution in [3.8, 4) is 0 Å². The van der Waals surface area contributed by atoms with E-state index in [1.807, 2.05) is 18.6 Å². The predicted molar refractivity (Wildman–Crippen MR) is 118 cm³/mol. The molecule has 1 saturated heterocycles. The van der Waals surface area contributed by atoms with Gasteiger partial charge in [-0.1, -0.05) is 0 Å². The van der Waals surface area contributed by atoms with Crippen molar-refractivity contribution in [2.24, 2.45) is 5.92 Å². The van der Waals surface area contributed by atoms with Gasteiger partial charge in [-0.3, -0.25) is 9.97 Å². The first-order chi connectivity index (χ1) is 14.8. The molecular formula is C23H28N6O. The number of nitrogens with one attached hydrogen (secondary N) is 1. The summed E-state index contributed by atoms with van der Waals surface area (Å²) in [5.74, 6) is 0.681. The lowest BCUT2D eigenvalue weighted by molar-refractivity contribution is 0.122. The molecule has 7 heteroatoms. The van der Waals surface area contributed by atoms with E-state index in [4.69, 9.17) is 4.74 Å². The number of fused-ring (bicyclic) bond motifs is 1. The number of hydrogen-bond donors (Lipinski definition) is 1. The third-order valence-electron chi connectivity index (χ3n) is 6.30. The molecule has 30 heavy (non-hydrogen) atoms. The van der Waals surface area contributed by atoms with E-state index in [-0.39, 0.29) is 0 Å². The lowest BCUT2D eigenvalue weighted by Gasteiger charge is -2.31. The maximum atomic E-state index is 5.53. The van der Waals surface area contributed by atoms with Gasteiger partial charge in [-0.15, -0.1) is 0 Å². The lowest BCUT2D eigenvalue weighted by Crippen LogP contribution is -2.36. The van der Waals surface area contributed by atoms with Crippen molar-refractivity contribution in [2.75, 3.05) is 36.5 Å². The van der Waals surface area contributed by atoms with Gasteiger partial charge < -0.3 is 15.0 Å². The van der Waals surface area contributed by atoms with Crippen molar-refractivity contribution in [3.05, 3.63) is 48.8 Å². The van der Waals surface area contributed by atoms with Crippen LogP contribution < -0.4 is 10.2 Å². The second kappa shape index (κ2) is 8.92. The molecule has 1 N–H and O–H groups in total. The van der Waals surface area contributed by atoms with Crippen molar-refractivity contribution in [1.29, 1.82) is 0 Å². The van der Waals surface area contributed by atoms with Gasteiger partial charge >= 0.3 is 0 Å². The molecule has 2 aromatic heterocycles. The number of anilines is 2. The molecule has 156 valence electrons. The van der Waals surface area contributed by atoms with Crippen LogP contribution in [0, 0.1) is 5.92 Å². The van der Waals surface area contributed by atoms with E-state index in [9.17, 15) is 0 Å². The van der Waals surface area contributed by atoms with Crippen molar-refractivity contribution in [3.63, 3.8) is 0 Å². The Bertz CT molecular complexity index is 968. The summed E-state index contributed by atoms with van der Waals surface area (Å²) >= 11 is 0. The highest BCUT2D eigenvalue weighted by molar-refractivity contribution is 5.82. The Kier molecular flexibility index (Phi) is 5.70. The van der Waals surface area contributed by atoms with E-state index in [1.165, 1.54) is 36.9 Å². The molecule has 0 amide bonds. The van der Waals surface area contributed by atoms with E-state index in [0.29, 0.717) is 12.0 Å². The summed E-state index contributed by atoms with van der Waals surface area (Å²) in [7, 11) is 0. The van der Waals surface area contributed by atoms with E-state index in [2.05, 4.69) is 42.3 Å². The van der Waals surface area contributed by atoms with Crippen molar-refractivity contribution in [2.45, 2.75) is 38.1 Å². The van der Waals surface area contributed by atoms with Crippen LogP contribution in [0.1, 0.15) is 31.2 Å². The minimum Gasteiger partial charge on any atom is -0.380 e. The smallest absolute Gasteiger partial charge is 0.115 e. The zero-order valence-electron chi connectivity index (χ0n) is 17.2. The fourth-order valence-electron chi connectivity index (χ4n) is 4.72. The Balaban J connectivity index is 1.29. The second-order valence-electron chi connectivity index (χ2n) is 8.32. The van der Waals surface area contributed by atoms with Crippen LogP contribution in [0.2, 0.25) is 0 Å². The van der Waals surface area contributed by atoms with Crippen LogP contribution in [0.25, 0.3) is 11.0 Å². The number of aromatic nitrogens is 4. The van der Waals surface area contributed by atoms with Crippen molar-refractivity contribution in [1.82, 2.24) is 19.9 Å². The van der Waals surface area contributed by atoms with E-state index in [0.717, 1.165) is 49.4 Å². The summed E-state index contributed by atoms with van der Waals surface area (Å²) in [6.07, 6.45) is 14.7.